The molecule has 0 heterocycles. The lowest BCUT2D eigenvalue weighted by molar-refractivity contribution is -0.138. The van der Waals surface area contributed by atoms with Crippen molar-refractivity contribution in [3.63, 3.8) is 0 Å². The SMILES string of the molecule is CCCN(CCN(CCC)CC(=O)O)CC(N)=O. The summed E-state index contributed by atoms with van der Waals surface area (Å²) in [6.45, 7) is 7.21. The number of carbonyl (C=O) groups is 2. The summed E-state index contributed by atoms with van der Waals surface area (Å²) >= 11 is 0. The monoisotopic (exact) mass is 259 g/mol. The third-order valence-corrected chi connectivity index (χ3v) is 2.55. The molecule has 3 N–H and O–H groups in total. The Morgan fingerprint density at radius 2 is 1.39 bits per heavy atom. The summed E-state index contributed by atoms with van der Waals surface area (Å²) in [4.78, 5) is 25.5. The highest BCUT2D eigenvalue weighted by Crippen LogP contribution is 1.96. The maximum Gasteiger partial charge on any atom is 0.317 e. The van der Waals surface area contributed by atoms with Gasteiger partial charge in [-0.3, -0.25) is 19.4 Å². The Kier molecular flexibility index (Phi) is 9.22. The molecule has 106 valence electrons. The molecule has 1 amide bonds. The van der Waals surface area contributed by atoms with Gasteiger partial charge in [0.05, 0.1) is 13.1 Å². The van der Waals surface area contributed by atoms with E-state index in [0.717, 1.165) is 25.9 Å². The van der Waals surface area contributed by atoms with Gasteiger partial charge in [0.15, 0.2) is 0 Å². The summed E-state index contributed by atoms with van der Waals surface area (Å²) in [6.07, 6.45) is 1.86. The fraction of sp³-hybridized carbons (Fsp3) is 0.833. The molecule has 18 heavy (non-hydrogen) atoms. The van der Waals surface area contributed by atoms with Gasteiger partial charge < -0.3 is 10.8 Å². The van der Waals surface area contributed by atoms with E-state index in [1.54, 1.807) is 0 Å². The highest BCUT2D eigenvalue weighted by atomic mass is 16.4. The van der Waals surface area contributed by atoms with Crippen LogP contribution in [-0.2, 0) is 9.59 Å². The minimum atomic E-state index is -0.819. The minimum Gasteiger partial charge on any atom is -0.480 e. The lowest BCUT2D eigenvalue weighted by Crippen LogP contribution is -2.41. The number of amides is 1. The van der Waals surface area contributed by atoms with Crippen molar-refractivity contribution in [2.45, 2.75) is 26.7 Å². The van der Waals surface area contributed by atoms with E-state index in [-0.39, 0.29) is 19.0 Å². The summed E-state index contributed by atoms with van der Waals surface area (Å²) in [5, 5.41) is 8.80. The molecule has 0 spiro atoms. The molecule has 0 aromatic carbocycles. The molecule has 6 nitrogen and oxygen atoms in total. The van der Waals surface area contributed by atoms with Crippen LogP contribution in [0, 0.1) is 0 Å². The summed E-state index contributed by atoms with van der Waals surface area (Å²) < 4.78 is 0. The summed E-state index contributed by atoms with van der Waals surface area (Å²) in [5.41, 5.74) is 5.18. The van der Waals surface area contributed by atoms with Crippen molar-refractivity contribution < 1.29 is 14.7 Å². The number of rotatable bonds is 11. The second-order valence-electron chi connectivity index (χ2n) is 4.41. The van der Waals surface area contributed by atoms with E-state index in [0.29, 0.717) is 13.1 Å². The zero-order valence-corrected chi connectivity index (χ0v) is 11.4. The maximum absolute atomic E-state index is 10.9. The lowest BCUT2D eigenvalue weighted by atomic mass is 10.3. The van der Waals surface area contributed by atoms with Crippen molar-refractivity contribution in [2.24, 2.45) is 5.73 Å². The Labute approximate surface area is 109 Å². The molecule has 6 heteroatoms. The van der Waals surface area contributed by atoms with Gasteiger partial charge in [0, 0.05) is 13.1 Å². The third-order valence-electron chi connectivity index (χ3n) is 2.55. The molecule has 0 unspecified atom stereocenters. The van der Waals surface area contributed by atoms with Crippen LogP contribution in [0.4, 0.5) is 0 Å². The highest BCUT2D eigenvalue weighted by molar-refractivity contribution is 5.75. The number of primary amides is 1. The number of carboxylic acid groups (broad SMARTS) is 1. The van der Waals surface area contributed by atoms with E-state index >= 15 is 0 Å². The molecule has 0 aliphatic carbocycles. The second kappa shape index (κ2) is 9.85. The molecule has 0 atom stereocenters. The lowest BCUT2D eigenvalue weighted by Gasteiger charge is -2.25. The van der Waals surface area contributed by atoms with Gasteiger partial charge >= 0.3 is 5.97 Å². The number of aliphatic carboxylic acids is 1. The molecule has 0 aromatic heterocycles. The van der Waals surface area contributed by atoms with Gasteiger partial charge in [0.1, 0.15) is 0 Å². The van der Waals surface area contributed by atoms with Crippen LogP contribution >= 0.6 is 0 Å². The van der Waals surface area contributed by atoms with Crippen molar-refractivity contribution in [3.8, 4) is 0 Å². The Hall–Kier alpha value is -1.14. The Morgan fingerprint density at radius 1 is 0.944 bits per heavy atom. The van der Waals surface area contributed by atoms with Crippen LogP contribution < -0.4 is 5.73 Å². The zero-order valence-electron chi connectivity index (χ0n) is 11.4. The zero-order chi connectivity index (χ0) is 14.0. The summed E-state index contributed by atoms with van der Waals surface area (Å²) in [7, 11) is 0. The normalized spacial score (nSPS) is 11.1. The number of nitrogens with zero attached hydrogens (tertiary/aromatic N) is 2. The highest BCUT2D eigenvalue weighted by Gasteiger charge is 2.12. The van der Waals surface area contributed by atoms with Gasteiger partial charge in [0.25, 0.3) is 0 Å². The number of carbonyl (C=O) groups excluding carboxylic acids is 1. The molecular weight excluding hydrogens is 234 g/mol. The molecule has 0 fully saturated rings. The average molecular weight is 259 g/mol. The van der Waals surface area contributed by atoms with Crippen LogP contribution in [-0.4, -0.2) is 66.1 Å². The van der Waals surface area contributed by atoms with E-state index in [9.17, 15) is 9.59 Å². The average Bonchev–Trinajstić information content (AvgIpc) is 2.24. The quantitative estimate of drug-likeness (QED) is 0.544. The molecule has 0 bridgehead atoms. The smallest absolute Gasteiger partial charge is 0.317 e. The minimum absolute atomic E-state index is 0.0460. The van der Waals surface area contributed by atoms with Gasteiger partial charge in [-0.05, 0) is 25.9 Å². The summed E-state index contributed by atoms with van der Waals surface area (Å²) in [5.74, 6) is -1.16. The standard InChI is InChI=1S/C12H25N3O3/c1-3-5-14(9-11(13)16)7-8-15(6-4-2)10-12(17)18/h3-10H2,1-2H3,(H2,13,16)(H,17,18). The van der Waals surface area contributed by atoms with Crippen molar-refractivity contribution in [3.05, 3.63) is 0 Å². The molecule has 0 saturated carbocycles. The predicted octanol–water partition coefficient (Wildman–Crippen LogP) is -0.0197. The number of hydrogen-bond donors (Lipinski definition) is 2. The Bertz CT molecular complexity index is 233. The molecule has 0 aliphatic rings. The molecule has 0 saturated heterocycles. The van der Waals surface area contributed by atoms with Crippen LogP contribution in [0.3, 0.4) is 0 Å². The largest absolute Gasteiger partial charge is 0.480 e. The van der Waals surface area contributed by atoms with E-state index in [2.05, 4.69) is 0 Å². The topological polar surface area (TPSA) is 86.9 Å². The van der Waals surface area contributed by atoms with Crippen molar-refractivity contribution in [1.29, 1.82) is 0 Å². The van der Waals surface area contributed by atoms with Crippen molar-refractivity contribution >= 4 is 11.9 Å². The number of carboxylic acids is 1. The summed E-state index contributed by atoms with van der Waals surface area (Å²) in [6, 6.07) is 0. The first-order valence-electron chi connectivity index (χ1n) is 6.44. The third kappa shape index (κ3) is 8.95. The van der Waals surface area contributed by atoms with Crippen LogP contribution in [0.25, 0.3) is 0 Å². The number of nitrogens with two attached hydrogens (primary N) is 1. The van der Waals surface area contributed by atoms with E-state index in [1.165, 1.54) is 0 Å². The fourth-order valence-corrected chi connectivity index (χ4v) is 1.87. The fourth-order valence-electron chi connectivity index (χ4n) is 1.87. The predicted molar refractivity (Wildman–Crippen MR) is 70.3 cm³/mol. The van der Waals surface area contributed by atoms with E-state index in [4.69, 9.17) is 10.8 Å². The number of hydrogen-bond acceptors (Lipinski definition) is 4. The van der Waals surface area contributed by atoms with Gasteiger partial charge in [-0.25, -0.2) is 0 Å². The molecule has 0 aromatic rings. The molecular formula is C12H25N3O3. The first-order valence-corrected chi connectivity index (χ1v) is 6.44. The molecule has 0 aliphatic heterocycles. The first-order chi connectivity index (χ1) is 8.49. The Morgan fingerprint density at radius 3 is 1.72 bits per heavy atom. The van der Waals surface area contributed by atoms with Gasteiger partial charge in [-0.2, -0.15) is 0 Å². The van der Waals surface area contributed by atoms with Crippen molar-refractivity contribution in [1.82, 2.24) is 9.80 Å². The van der Waals surface area contributed by atoms with Crippen LogP contribution in [0.15, 0.2) is 0 Å². The van der Waals surface area contributed by atoms with Gasteiger partial charge in [-0.1, -0.05) is 13.8 Å². The maximum atomic E-state index is 10.9. The van der Waals surface area contributed by atoms with Crippen molar-refractivity contribution in [2.75, 3.05) is 39.3 Å². The van der Waals surface area contributed by atoms with Crippen LogP contribution in [0.5, 0.6) is 0 Å². The van der Waals surface area contributed by atoms with E-state index < -0.39 is 5.97 Å². The first kappa shape index (κ1) is 16.9. The second-order valence-corrected chi connectivity index (χ2v) is 4.41. The van der Waals surface area contributed by atoms with E-state index in [1.807, 2.05) is 23.6 Å². The molecule has 0 radical (unpaired) electrons. The van der Waals surface area contributed by atoms with Gasteiger partial charge in [-0.15, -0.1) is 0 Å². The van der Waals surface area contributed by atoms with Crippen LogP contribution in [0.2, 0.25) is 0 Å². The van der Waals surface area contributed by atoms with Gasteiger partial charge in [0.2, 0.25) is 5.91 Å². The Balaban J connectivity index is 4.16. The molecule has 0 rings (SSSR count). The van der Waals surface area contributed by atoms with Crippen LogP contribution in [0.1, 0.15) is 26.7 Å².